The zero-order valence-corrected chi connectivity index (χ0v) is 35.4. The molecule has 0 aromatic rings. The molecule has 1 amide bonds. The van der Waals surface area contributed by atoms with Gasteiger partial charge in [-0.25, -0.2) is 4.57 Å². The second-order valence-corrected chi connectivity index (χ2v) is 16.4. The lowest BCUT2D eigenvalue weighted by Gasteiger charge is -2.23. The van der Waals surface area contributed by atoms with Gasteiger partial charge in [-0.2, -0.15) is 0 Å². The SMILES string of the molecule is CCCCCCC/C=C\C/C=C\CCCCCCCCCCCC(=O)NC(COP(=O)(O)OCCN)C(O)/C=C/CCCCCCCCCCCCC. The van der Waals surface area contributed by atoms with Crippen LogP contribution in [0, 0.1) is 0 Å². The van der Waals surface area contributed by atoms with E-state index in [1.54, 1.807) is 6.08 Å². The number of nitrogens with one attached hydrogen (secondary N) is 1. The molecule has 0 rings (SSSR count). The van der Waals surface area contributed by atoms with E-state index in [4.69, 9.17) is 14.8 Å². The summed E-state index contributed by atoms with van der Waals surface area (Å²) in [5.74, 6) is -0.199. The molecular formula is C44H85N2O6P. The summed E-state index contributed by atoms with van der Waals surface area (Å²) in [7, 11) is -4.34. The maximum atomic E-state index is 12.8. The van der Waals surface area contributed by atoms with E-state index in [1.165, 1.54) is 141 Å². The van der Waals surface area contributed by atoms with Crippen LogP contribution in [0.3, 0.4) is 0 Å². The molecule has 0 saturated heterocycles. The third-order valence-electron chi connectivity index (χ3n) is 9.71. The van der Waals surface area contributed by atoms with Crippen LogP contribution in [0.1, 0.15) is 206 Å². The smallest absolute Gasteiger partial charge is 0.387 e. The Morgan fingerprint density at radius 3 is 1.49 bits per heavy atom. The molecule has 0 aliphatic heterocycles. The lowest BCUT2D eigenvalue weighted by Crippen LogP contribution is -2.45. The van der Waals surface area contributed by atoms with Gasteiger partial charge in [-0.15, -0.1) is 0 Å². The minimum atomic E-state index is -4.34. The van der Waals surface area contributed by atoms with Gasteiger partial charge in [0.25, 0.3) is 0 Å². The van der Waals surface area contributed by atoms with Gasteiger partial charge in [-0.1, -0.05) is 185 Å². The average molecular weight is 769 g/mol. The van der Waals surface area contributed by atoms with Crippen molar-refractivity contribution in [1.82, 2.24) is 5.32 Å². The number of carbonyl (C=O) groups is 1. The lowest BCUT2D eigenvalue weighted by molar-refractivity contribution is -0.123. The van der Waals surface area contributed by atoms with Crippen LogP contribution in [-0.2, 0) is 18.4 Å². The van der Waals surface area contributed by atoms with Crippen molar-refractivity contribution in [3.63, 3.8) is 0 Å². The van der Waals surface area contributed by atoms with Crippen LogP contribution in [-0.4, -0.2) is 47.8 Å². The maximum absolute atomic E-state index is 12.8. The molecule has 0 aliphatic rings. The number of unbranched alkanes of at least 4 members (excludes halogenated alkanes) is 25. The minimum absolute atomic E-state index is 0.0775. The van der Waals surface area contributed by atoms with Gasteiger partial charge in [-0.3, -0.25) is 13.8 Å². The van der Waals surface area contributed by atoms with E-state index in [-0.39, 0.29) is 25.7 Å². The minimum Gasteiger partial charge on any atom is -0.387 e. The Labute approximate surface area is 327 Å². The number of phosphoric acid groups is 1. The van der Waals surface area contributed by atoms with Gasteiger partial charge in [0.15, 0.2) is 0 Å². The molecule has 8 nitrogen and oxygen atoms in total. The summed E-state index contributed by atoms with van der Waals surface area (Å²) in [4.78, 5) is 22.7. The van der Waals surface area contributed by atoms with Gasteiger partial charge in [0.2, 0.25) is 5.91 Å². The van der Waals surface area contributed by atoms with E-state index < -0.39 is 20.0 Å². The van der Waals surface area contributed by atoms with Crippen molar-refractivity contribution < 1.29 is 28.4 Å². The Morgan fingerprint density at radius 1 is 0.623 bits per heavy atom. The molecule has 0 saturated carbocycles. The molecule has 0 aromatic heterocycles. The number of amides is 1. The van der Waals surface area contributed by atoms with E-state index in [0.717, 1.165) is 44.9 Å². The predicted molar refractivity (Wildman–Crippen MR) is 226 cm³/mol. The summed E-state index contributed by atoms with van der Waals surface area (Å²) in [6.07, 6.45) is 47.6. The van der Waals surface area contributed by atoms with E-state index in [1.807, 2.05) is 6.08 Å². The standard InChI is InChI=1S/C44H85N2O6P/c1-3-5-7-9-11-13-15-17-18-19-20-21-22-23-24-26-28-30-32-34-36-38-44(48)46-42(41-52-53(49,50)51-40-39-45)43(47)37-35-33-31-29-27-25-16-14-12-10-8-6-4-2/h15,17,19-20,35,37,42-43,47H,3-14,16,18,21-34,36,38-41,45H2,1-2H3,(H,46,48)(H,49,50)/b17-15-,20-19-,37-35+. The zero-order chi connectivity index (χ0) is 38.9. The van der Waals surface area contributed by atoms with Gasteiger partial charge in [-0.05, 0) is 51.4 Å². The van der Waals surface area contributed by atoms with E-state index >= 15 is 0 Å². The summed E-state index contributed by atoms with van der Waals surface area (Å²) >= 11 is 0. The first-order valence-corrected chi connectivity index (χ1v) is 23.6. The lowest BCUT2D eigenvalue weighted by atomic mass is 10.0. The van der Waals surface area contributed by atoms with Crippen molar-refractivity contribution in [2.45, 2.75) is 219 Å². The molecule has 312 valence electrons. The Hall–Kier alpha value is -1.28. The average Bonchev–Trinajstić information content (AvgIpc) is 3.14. The molecule has 0 radical (unpaired) electrons. The molecule has 0 fully saturated rings. The number of allylic oxidation sites excluding steroid dienone is 5. The van der Waals surface area contributed by atoms with Crippen LogP contribution in [0.15, 0.2) is 36.5 Å². The fourth-order valence-electron chi connectivity index (χ4n) is 6.34. The summed E-state index contributed by atoms with van der Waals surface area (Å²) in [6, 6.07) is -0.861. The predicted octanol–water partition coefficient (Wildman–Crippen LogP) is 12.3. The molecule has 5 N–H and O–H groups in total. The largest absolute Gasteiger partial charge is 0.472 e. The first-order chi connectivity index (χ1) is 25.9. The number of aliphatic hydroxyl groups excluding tert-OH is 1. The van der Waals surface area contributed by atoms with Gasteiger partial charge in [0.1, 0.15) is 0 Å². The molecule has 0 spiro atoms. The Kier molecular flexibility index (Phi) is 39.4. The van der Waals surface area contributed by atoms with Crippen LogP contribution in [0.5, 0.6) is 0 Å². The third-order valence-corrected chi connectivity index (χ3v) is 10.7. The normalized spacial score (nSPS) is 14.4. The Bertz CT molecular complexity index is 928. The second kappa shape index (κ2) is 40.4. The highest BCUT2D eigenvalue weighted by Gasteiger charge is 2.26. The number of nitrogens with two attached hydrogens (primary N) is 1. The zero-order valence-electron chi connectivity index (χ0n) is 34.5. The fraction of sp³-hybridized carbons (Fsp3) is 0.841. The highest BCUT2D eigenvalue weighted by Crippen LogP contribution is 2.43. The summed E-state index contributed by atoms with van der Waals surface area (Å²) in [5, 5.41) is 13.7. The summed E-state index contributed by atoms with van der Waals surface area (Å²) < 4.78 is 22.1. The van der Waals surface area contributed by atoms with Crippen molar-refractivity contribution in [2.24, 2.45) is 5.73 Å². The van der Waals surface area contributed by atoms with Crippen LogP contribution in [0.4, 0.5) is 0 Å². The van der Waals surface area contributed by atoms with Crippen LogP contribution >= 0.6 is 7.82 Å². The third kappa shape index (κ3) is 38.8. The highest BCUT2D eigenvalue weighted by atomic mass is 31.2. The van der Waals surface area contributed by atoms with Gasteiger partial charge in [0.05, 0.1) is 25.4 Å². The number of phosphoric ester groups is 1. The molecule has 0 bridgehead atoms. The monoisotopic (exact) mass is 769 g/mol. The summed E-state index contributed by atoms with van der Waals surface area (Å²) in [6.45, 7) is 4.12. The number of carbonyl (C=O) groups excluding carboxylic acids is 1. The van der Waals surface area contributed by atoms with Gasteiger partial charge < -0.3 is 21.1 Å². The molecule has 3 atom stereocenters. The van der Waals surface area contributed by atoms with E-state index in [0.29, 0.717) is 6.42 Å². The Morgan fingerprint density at radius 2 is 1.04 bits per heavy atom. The second-order valence-electron chi connectivity index (χ2n) is 14.9. The summed E-state index contributed by atoms with van der Waals surface area (Å²) in [5.41, 5.74) is 5.37. The van der Waals surface area contributed by atoms with E-state index in [2.05, 4.69) is 43.5 Å². The van der Waals surface area contributed by atoms with Gasteiger partial charge in [0, 0.05) is 13.0 Å². The van der Waals surface area contributed by atoms with Crippen LogP contribution in [0.25, 0.3) is 0 Å². The van der Waals surface area contributed by atoms with Crippen LogP contribution < -0.4 is 11.1 Å². The van der Waals surface area contributed by atoms with Gasteiger partial charge >= 0.3 is 7.82 Å². The maximum Gasteiger partial charge on any atom is 0.472 e. The fourth-order valence-corrected chi connectivity index (χ4v) is 7.10. The van der Waals surface area contributed by atoms with Crippen molar-refractivity contribution in [2.75, 3.05) is 19.8 Å². The molecule has 0 heterocycles. The first kappa shape index (κ1) is 51.7. The number of hydrogen-bond acceptors (Lipinski definition) is 6. The topological polar surface area (TPSA) is 131 Å². The number of rotatable bonds is 41. The molecule has 53 heavy (non-hydrogen) atoms. The molecular weight excluding hydrogens is 683 g/mol. The van der Waals surface area contributed by atoms with Crippen LogP contribution in [0.2, 0.25) is 0 Å². The molecule has 9 heteroatoms. The van der Waals surface area contributed by atoms with Crippen molar-refractivity contribution in [1.29, 1.82) is 0 Å². The van der Waals surface area contributed by atoms with Crippen molar-refractivity contribution in [3.8, 4) is 0 Å². The number of hydrogen-bond donors (Lipinski definition) is 4. The molecule has 0 aromatic carbocycles. The first-order valence-electron chi connectivity index (χ1n) is 22.1. The van der Waals surface area contributed by atoms with E-state index in [9.17, 15) is 19.4 Å². The molecule has 3 unspecified atom stereocenters. The Balaban J connectivity index is 4.16. The quantitative estimate of drug-likeness (QED) is 0.0277. The molecule has 0 aliphatic carbocycles. The number of aliphatic hydroxyl groups is 1. The van der Waals surface area contributed by atoms with Crippen molar-refractivity contribution >= 4 is 13.7 Å². The van der Waals surface area contributed by atoms with Crippen molar-refractivity contribution in [3.05, 3.63) is 36.5 Å². The highest BCUT2D eigenvalue weighted by molar-refractivity contribution is 7.47.